The van der Waals surface area contributed by atoms with Crippen LogP contribution in [-0.4, -0.2) is 24.6 Å². The number of carbonyl (C=O) groups excluding carboxylic acids is 2. The Labute approximate surface area is 159 Å². The van der Waals surface area contributed by atoms with Crippen LogP contribution in [-0.2, 0) is 10.2 Å². The van der Waals surface area contributed by atoms with Gasteiger partial charge in [-0.2, -0.15) is 0 Å². The van der Waals surface area contributed by atoms with Crippen molar-refractivity contribution in [1.29, 1.82) is 0 Å². The van der Waals surface area contributed by atoms with E-state index in [9.17, 15) is 9.59 Å². The number of ether oxygens (including phenoxy) is 3. The average molecular weight is 368 g/mol. The van der Waals surface area contributed by atoms with Gasteiger partial charge in [0.05, 0.1) is 18.2 Å². The maximum Gasteiger partial charge on any atom is 0.343 e. The molecule has 0 aliphatic carbocycles. The Hall–Kier alpha value is -2.82. The van der Waals surface area contributed by atoms with E-state index in [1.807, 2.05) is 12.1 Å². The fraction of sp³-hybridized carbons (Fsp3) is 0.364. The first-order valence-electron chi connectivity index (χ1n) is 8.85. The van der Waals surface area contributed by atoms with Gasteiger partial charge in [-0.3, -0.25) is 0 Å². The summed E-state index contributed by atoms with van der Waals surface area (Å²) >= 11 is 0. The van der Waals surface area contributed by atoms with E-state index in [4.69, 9.17) is 9.47 Å². The Morgan fingerprint density at radius 2 is 1.56 bits per heavy atom. The van der Waals surface area contributed by atoms with E-state index in [1.54, 1.807) is 30.3 Å². The van der Waals surface area contributed by atoms with Crippen LogP contribution in [0.25, 0.3) is 0 Å². The van der Waals surface area contributed by atoms with Crippen molar-refractivity contribution >= 4 is 11.9 Å². The summed E-state index contributed by atoms with van der Waals surface area (Å²) in [5, 5.41) is 0. The van der Waals surface area contributed by atoms with Crippen molar-refractivity contribution in [2.24, 2.45) is 0 Å². The molecule has 142 valence electrons. The Bertz CT molecular complexity index is 878. The van der Waals surface area contributed by atoms with Crippen LogP contribution in [0.3, 0.4) is 0 Å². The highest BCUT2D eigenvalue weighted by Crippen LogP contribution is 2.44. The second kappa shape index (κ2) is 6.72. The van der Waals surface area contributed by atoms with Gasteiger partial charge < -0.3 is 14.2 Å². The lowest BCUT2D eigenvalue weighted by Gasteiger charge is -2.42. The van der Waals surface area contributed by atoms with Crippen LogP contribution in [0, 0.1) is 0 Å². The molecule has 0 unspecified atom stereocenters. The molecule has 5 nitrogen and oxygen atoms in total. The number of rotatable bonds is 3. The Morgan fingerprint density at radius 1 is 0.926 bits per heavy atom. The van der Waals surface area contributed by atoms with Crippen LogP contribution >= 0.6 is 0 Å². The molecule has 0 bridgehead atoms. The predicted octanol–water partition coefficient (Wildman–Crippen LogP) is 4.53. The van der Waals surface area contributed by atoms with Gasteiger partial charge in [0.1, 0.15) is 17.1 Å². The van der Waals surface area contributed by atoms with E-state index < -0.39 is 11.9 Å². The predicted molar refractivity (Wildman–Crippen MR) is 102 cm³/mol. The number of fused-ring (bicyclic) bond motifs is 1. The Kier molecular flexibility index (Phi) is 4.72. The molecule has 2 aromatic rings. The third kappa shape index (κ3) is 3.97. The summed E-state index contributed by atoms with van der Waals surface area (Å²) in [6, 6.07) is 11.6. The number of carbonyl (C=O) groups is 2. The number of methoxy groups -OCH3 is 1. The fourth-order valence-corrected chi connectivity index (χ4v) is 3.71. The first kappa shape index (κ1) is 19.0. The summed E-state index contributed by atoms with van der Waals surface area (Å²) in [5.41, 5.74) is 1.49. The van der Waals surface area contributed by atoms with Gasteiger partial charge in [-0.05, 0) is 68.1 Å². The molecular weight excluding hydrogens is 344 g/mol. The molecule has 0 amide bonds. The summed E-state index contributed by atoms with van der Waals surface area (Å²) in [5.74, 6) is 0.272. The van der Waals surface area contributed by atoms with Gasteiger partial charge in [-0.25, -0.2) is 9.59 Å². The van der Waals surface area contributed by atoms with E-state index in [2.05, 4.69) is 32.4 Å². The molecule has 0 spiro atoms. The molecule has 1 aliphatic rings. The summed E-state index contributed by atoms with van der Waals surface area (Å²) < 4.78 is 16.2. The van der Waals surface area contributed by atoms with E-state index >= 15 is 0 Å². The van der Waals surface area contributed by atoms with E-state index in [0.717, 1.165) is 17.7 Å². The molecule has 2 aromatic carbocycles. The molecule has 1 aliphatic heterocycles. The highest BCUT2D eigenvalue weighted by Gasteiger charge is 2.39. The van der Waals surface area contributed by atoms with Crippen LogP contribution in [0.4, 0.5) is 0 Å². The highest BCUT2D eigenvalue weighted by atomic mass is 16.5. The van der Waals surface area contributed by atoms with Crippen molar-refractivity contribution in [3.8, 4) is 11.5 Å². The van der Waals surface area contributed by atoms with Crippen molar-refractivity contribution in [1.82, 2.24) is 0 Å². The van der Waals surface area contributed by atoms with Crippen molar-refractivity contribution in [2.45, 2.75) is 45.1 Å². The number of esters is 2. The molecule has 27 heavy (non-hydrogen) atoms. The van der Waals surface area contributed by atoms with Crippen LogP contribution in [0.2, 0.25) is 0 Å². The van der Waals surface area contributed by atoms with Gasteiger partial charge in [-0.1, -0.05) is 13.8 Å². The van der Waals surface area contributed by atoms with Gasteiger partial charge in [0, 0.05) is 5.56 Å². The molecule has 5 heteroatoms. The summed E-state index contributed by atoms with van der Waals surface area (Å²) in [4.78, 5) is 24.0. The highest BCUT2D eigenvalue weighted by molar-refractivity contribution is 5.92. The summed E-state index contributed by atoms with van der Waals surface area (Å²) in [6.45, 7) is 8.43. The third-order valence-electron chi connectivity index (χ3n) is 4.68. The second-order valence-electron chi connectivity index (χ2n) is 8.04. The van der Waals surface area contributed by atoms with Gasteiger partial charge in [0.25, 0.3) is 0 Å². The lowest BCUT2D eigenvalue weighted by atomic mass is 9.73. The first-order chi connectivity index (χ1) is 12.6. The maximum atomic E-state index is 12.6. The van der Waals surface area contributed by atoms with Crippen molar-refractivity contribution in [2.75, 3.05) is 7.11 Å². The smallest absolute Gasteiger partial charge is 0.343 e. The third-order valence-corrected chi connectivity index (χ3v) is 4.68. The van der Waals surface area contributed by atoms with E-state index in [1.165, 1.54) is 7.11 Å². The fourth-order valence-electron chi connectivity index (χ4n) is 3.71. The SMILES string of the molecule is COC(=O)c1ccc(OC(=O)c2ccc3c(c2)C(C)(C)CC(C)(C)O3)cc1. The number of hydrogen-bond donors (Lipinski definition) is 0. The van der Waals surface area contributed by atoms with Gasteiger partial charge in [0.2, 0.25) is 0 Å². The van der Waals surface area contributed by atoms with Crippen molar-refractivity contribution in [3.05, 3.63) is 59.2 Å². The lowest BCUT2D eigenvalue weighted by Crippen LogP contribution is -2.41. The summed E-state index contributed by atoms with van der Waals surface area (Å²) in [6.07, 6.45) is 0.848. The second-order valence-corrected chi connectivity index (χ2v) is 8.04. The molecule has 0 aromatic heterocycles. The van der Waals surface area contributed by atoms with Crippen LogP contribution in [0.15, 0.2) is 42.5 Å². The topological polar surface area (TPSA) is 61.8 Å². The van der Waals surface area contributed by atoms with Crippen LogP contribution in [0.5, 0.6) is 11.5 Å². The normalized spacial score (nSPS) is 16.6. The first-order valence-corrected chi connectivity index (χ1v) is 8.85. The molecule has 0 saturated heterocycles. The van der Waals surface area contributed by atoms with Gasteiger partial charge >= 0.3 is 11.9 Å². The number of hydrogen-bond acceptors (Lipinski definition) is 5. The Balaban J connectivity index is 1.81. The minimum Gasteiger partial charge on any atom is -0.488 e. The Morgan fingerprint density at radius 3 is 2.19 bits per heavy atom. The zero-order chi connectivity index (χ0) is 19.8. The van der Waals surface area contributed by atoms with Crippen molar-refractivity contribution in [3.63, 3.8) is 0 Å². The molecule has 3 rings (SSSR count). The molecule has 0 N–H and O–H groups in total. The quantitative estimate of drug-likeness (QED) is 0.588. The zero-order valence-electron chi connectivity index (χ0n) is 16.3. The zero-order valence-corrected chi connectivity index (χ0v) is 16.3. The van der Waals surface area contributed by atoms with E-state index in [0.29, 0.717) is 16.9 Å². The molecule has 0 fully saturated rings. The monoisotopic (exact) mass is 368 g/mol. The molecule has 0 radical (unpaired) electrons. The van der Waals surface area contributed by atoms with E-state index in [-0.39, 0.29) is 11.0 Å². The lowest BCUT2D eigenvalue weighted by molar-refractivity contribution is 0.0532. The van der Waals surface area contributed by atoms with Crippen LogP contribution in [0.1, 0.15) is 60.4 Å². The van der Waals surface area contributed by atoms with Gasteiger partial charge in [-0.15, -0.1) is 0 Å². The van der Waals surface area contributed by atoms with Crippen molar-refractivity contribution < 1.29 is 23.8 Å². The maximum absolute atomic E-state index is 12.6. The minimum atomic E-state index is -0.454. The molecule has 1 heterocycles. The average Bonchev–Trinajstić information content (AvgIpc) is 2.59. The summed E-state index contributed by atoms with van der Waals surface area (Å²) in [7, 11) is 1.32. The van der Waals surface area contributed by atoms with Gasteiger partial charge in [0.15, 0.2) is 0 Å². The minimum absolute atomic E-state index is 0.116. The molecule has 0 atom stereocenters. The molecule has 0 saturated carbocycles. The number of benzene rings is 2. The van der Waals surface area contributed by atoms with Crippen LogP contribution < -0.4 is 9.47 Å². The largest absolute Gasteiger partial charge is 0.488 e. The molecular formula is C22H24O5. The standard InChI is InChI=1S/C22H24O5/c1-21(2)13-22(3,4)27-18-11-8-15(12-17(18)21)20(24)26-16-9-6-14(7-10-16)19(23)25-5/h6-12H,13H2,1-5H3.